The summed E-state index contributed by atoms with van der Waals surface area (Å²) in [5.41, 5.74) is 0.980. The summed E-state index contributed by atoms with van der Waals surface area (Å²) in [7, 11) is -7.14. The van der Waals surface area contributed by atoms with E-state index < -0.39 is 30.1 Å². The fourth-order valence-electron chi connectivity index (χ4n) is 4.70. The summed E-state index contributed by atoms with van der Waals surface area (Å²) < 4.78 is 51.8. The second-order valence-electron chi connectivity index (χ2n) is 10.2. The molecule has 0 aliphatic carbocycles. The molecular formula is C30H36F3N3O6Si2+2. The largest absolute Gasteiger partial charge is 0.492 e. The average molecular weight is 648 g/mol. The first kappa shape index (κ1) is 35.0. The third-order valence-corrected chi connectivity index (χ3v) is 8.49. The van der Waals surface area contributed by atoms with Crippen molar-refractivity contribution in [1.82, 2.24) is 0 Å². The van der Waals surface area contributed by atoms with Gasteiger partial charge in [-0.15, -0.1) is 0 Å². The number of benzene rings is 1. The zero-order valence-electron chi connectivity index (χ0n) is 24.4. The van der Waals surface area contributed by atoms with E-state index in [-0.39, 0.29) is 40.6 Å². The Morgan fingerprint density at radius 1 is 0.841 bits per heavy atom. The molecule has 14 heteroatoms. The summed E-state index contributed by atoms with van der Waals surface area (Å²) in [5.74, 6) is 0. The van der Waals surface area contributed by atoms with Crippen LogP contribution in [0.3, 0.4) is 0 Å². The van der Waals surface area contributed by atoms with Gasteiger partial charge in [0.1, 0.15) is 6.54 Å². The number of aryl methyl sites for hydroxylation is 2. The maximum Gasteiger partial charge on any atom is 0.492 e. The van der Waals surface area contributed by atoms with Gasteiger partial charge in [0, 0.05) is 49.8 Å². The highest BCUT2D eigenvalue weighted by atomic mass is 28.4. The van der Waals surface area contributed by atoms with E-state index in [0.717, 1.165) is 5.56 Å². The smallest absolute Gasteiger partial charge is 0.392 e. The molecule has 0 bridgehead atoms. The van der Waals surface area contributed by atoms with Gasteiger partial charge in [-0.1, -0.05) is 24.3 Å². The zero-order valence-corrected chi connectivity index (χ0v) is 26.5. The van der Waals surface area contributed by atoms with Crippen molar-refractivity contribution >= 4 is 48.3 Å². The third-order valence-electron chi connectivity index (χ3n) is 6.93. The van der Waals surface area contributed by atoms with Crippen molar-refractivity contribution in [3.8, 4) is 0 Å². The van der Waals surface area contributed by atoms with Crippen LogP contribution in [0.1, 0.15) is 51.8 Å². The van der Waals surface area contributed by atoms with Crippen molar-refractivity contribution < 1.29 is 50.7 Å². The van der Waals surface area contributed by atoms with Crippen LogP contribution in [-0.4, -0.2) is 48.9 Å². The molecule has 0 saturated carbocycles. The minimum atomic E-state index is -4.67. The van der Waals surface area contributed by atoms with E-state index in [0.29, 0.717) is 31.5 Å². The highest BCUT2D eigenvalue weighted by molar-refractivity contribution is 6.56. The molecule has 44 heavy (non-hydrogen) atoms. The minimum absolute atomic E-state index is 0.0483. The van der Waals surface area contributed by atoms with E-state index in [2.05, 4.69) is 4.85 Å². The lowest BCUT2D eigenvalue weighted by molar-refractivity contribution is -0.697. The van der Waals surface area contributed by atoms with Gasteiger partial charge in [0.2, 0.25) is 0 Å². The van der Waals surface area contributed by atoms with Crippen molar-refractivity contribution in [3.05, 3.63) is 99.4 Å². The van der Waals surface area contributed by atoms with E-state index in [4.69, 9.17) is 35.0 Å². The molecule has 0 unspecified atom stereocenters. The first-order valence-electron chi connectivity index (χ1n) is 13.8. The van der Waals surface area contributed by atoms with E-state index in [1.807, 2.05) is 4.57 Å². The lowest BCUT2D eigenvalue weighted by atomic mass is 9.89. The maximum atomic E-state index is 14.4. The fraction of sp³-hybridized carbons (Fsp3) is 0.300. The van der Waals surface area contributed by atoms with Crippen molar-refractivity contribution in [2.75, 3.05) is 6.61 Å². The second-order valence-corrected chi connectivity index (χ2v) is 13.3. The Balaban J connectivity index is 1.87. The number of alkyl halides is 3. The molecule has 0 atom stereocenters. The van der Waals surface area contributed by atoms with Crippen LogP contribution in [0.15, 0.2) is 49.1 Å². The van der Waals surface area contributed by atoms with Gasteiger partial charge in [-0.3, -0.25) is 0 Å². The number of rotatable bonds is 13. The Hall–Kier alpha value is -3.53. The molecule has 0 saturated heterocycles. The van der Waals surface area contributed by atoms with Crippen molar-refractivity contribution in [3.63, 3.8) is 0 Å². The van der Waals surface area contributed by atoms with Crippen LogP contribution in [0.2, 0.25) is 6.04 Å². The topological polar surface area (TPSA) is 123 Å². The van der Waals surface area contributed by atoms with Gasteiger partial charge in [-0.25, -0.2) is 14.0 Å². The fourth-order valence-corrected chi connectivity index (χ4v) is 5.71. The summed E-state index contributed by atoms with van der Waals surface area (Å²) in [4.78, 5) is 48.8. The minimum Gasteiger partial charge on any atom is -0.392 e. The molecule has 5 N–H and O–H groups in total. The standard InChI is InChI=1S/C30H36F3N3O6Si2/c1-22-27(9-7-25-10-16-35(17-11-25)14-4-20-42-43(37)38)29(34-3)23(2)26(28(22)30(31,32)33)8-6-24-12-18-36(19-13-24)15-5-21-44(39,40)41/h6-13,16-19,37-41,43H,4-5,14-15,20-21H2,1-2H3/q+2/b8-6+,9-7+. The first-order valence-corrected chi connectivity index (χ1v) is 17.4. The molecule has 2 heterocycles. The number of aromatic nitrogens is 2. The molecule has 0 fully saturated rings. The highest BCUT2D eigenvalue weighted by Crippen LogP contribution is 2.43. The monoisotopic (exact) mass is 647 g/mol. The number of halogens is 3. The molecule has 0 amide bonds. The molecule has 2 aromatic heterocycles. The van der Waals surface area contributed by atoms with Crippen LogP contribution in [0.5, 0.6) is 0 Å². The molecule has 9 nitrogen and oxygen atoms in total. The normalized spacial score (nSPS) is 12.5. The Bertz CT molecular complexity index is 1520. The summed E-state index contributed by atoms with van der Waals surface area (Å²) in [6.07, 6.45) is 9.39. The van der Waals surface area contributed by atoms with Crippen LogP contribution in [0.4, 0.5) is 18.9 Å². The number of pyridine rings is 2. The molecule has 0 radical (unpaired) electrons. The predicted octanol–water partition coefficient (Wildman–Crippen LogP) is 3.20. The Morgan fingerprint density at radius 3 is 1.80 bits per heavy atom. The van der Waals surface area contributed by atoms with Gasteiger partial charge in [0.15, 0.2) is 37.0 Å². The van der Waals surface area contributed by atoms with Gasteiger partial charge in [-0.2, -0.15) is 13.2 Å². The van der Waals surface area contributed by atoms with Crippen molar-refractivity contribution in [2.45, 2.75) is 52.0 Å². The SMILES string of the molecule is [C-]#[N+]c1c(C)c(/C=C/c2cc[n+](CCC[Si](O)(O)O)cc2)c(C(F)(F)F)c(C)c1/C=C/c1cc[n+](CCCO[SiH](O)O)cc1. The molecule has 3 aromatic rings. The summed E-state index contributed by atoms with van der Waals surface area (Å²) >= 11 is 0. The molecule has 234 valence electrons. The van der Waals surface area contributed by atoms with Gasteiger partial charge >= 0.3 is 24.5 Å². The average Bonchev–Trinajstić information content (AvgIpc) is 2.94. The molecule has 0 spiro atoms. The van der Waals surface area contributed by atoms with Crippen LogP contribution < -0.4 is 9.13 Å². The summed E-state index contributed by atoms with van der Waals surface area (Å²) in [6.45, 7) is 11.9. The lowest BCUT2D eigenvalue weighted by Gasteiger charge is -2.20. The Morgan fingerprint density at radius 2 is 1.34 bits per heavy atom. The van der Waals surface area contributed by atoms with Crippen LogP contribution in [-0.2, 0) is 23.7 Å². The van der Waals surface area contributed by atoms with Gasteiger partial charge in [0.05, 0.1) is 12.1 Å². The number of hydrogen-bond acceptors (Lipinski definition) is 6. The van der Waals surface area contributed by atoms with Crippen molar-refractivity contribution in [1.29, 1.82) is 0 Å². The van der Waals surface area contributed by atoms with Crippen molar-refractivity contribution in [2.24, 2.45) is 0 Å². The molecule has 0 aliphatic rings. The lowest BCUT2D eigenvalue weighted by Crippen LogP contribution is -2.38. The van der Waals surface area contributed by atoms with E-state index in [1.165, 1.54) is 26.0 Å². The molecular weight excluding hydrogens is 612 g/mol. The molecule has 3 rings (SSSR count). The third kappa shape index (κ3) is 10.3. The van der Waals surface area contributed by atoms with E-state index >= 15 is 0 Å². The zero-order chi connectivity index (χ0) is 32.5. The quantitative estimate of drug-likeness (QED) is 0.0841. The van der Waals surface area contributed by atoms with E-state index in [9.17, 15) is 13.2 Å². The van der Waals surface area contributed by atoms with Gasteiger partial charge in [-0.05, 0) is 47.2 Å². The van der Waals surface area contributed by atoms with E-state index in [1.54, 1.807) is 65.8 Å². The predicted molar refractivity (Wildman–Crippen MR) is 162 cm³/mol. The van der Waals surface area contributed by atoms with Gasteiger partial charge < -0.3 is 28.4 Å². The number of nitrogens with zero attached hydrogens (tertiary/aromatic N) is 3. The van der Waals surface area contributed by atoms with Crippen LogP contribution in [0, 0.1) is 20.4 Å². The first-order chi connectivity index (χ1) is 20.7. The summed E-state index contributed by atoms with van der Waals surface area (Å²) in [5, 5.41) is 0. The van der Waals surface area contributed by atoms with Crippen LogP contribution in [0.25, 0.3) is 29.1 Å². The highest BCUT2D eigenvalue weighted by Gasteiger charge is 2.37. The second kappa shape index (κ2) is 15.5. The number of hydrogen-bond donors (Lipinski definition) is 5. The maximum absolute atomic E-state index is 14.4. The summed E-state index contributed by atoms with van der Waals surface area (Å²) in [6, 6.07) is 6.90. The molecule has 1 aromatic carbocycles. The Labute approximate surface area is 256 Å². The van der Waals surface area contributed by atoms with Gasteiger partial charge in [0.25, 0.3) is 0 Å². The molecule has 0 aliphatic heterocycles. The Kier molecular flexibility index (Phi) is 12.3. The van der Waals surface area contributed by atoms with Crippen LogP contribution >= 0.6 is 0 Å².